The molecule has 154 valence electrons. The van der Waals surface area contributed by atoms with Crippen LogP contribution in [0.2, 0.25) is 5.02 Å². The molecule has 0 aliphatic carbocycles. The van der Waals surface area contributed by atoms with E-state index in [9.17, 15) is 4.79 Å². The molecule has 29 heavy (non-hydrogen) atoms. The fraction of sp³-hybridized carbons (Fsp3) is 0.381. The fourth-order valence-electron chi connectivity index (χ4n) is 3.73. The predicted octanol–water partition coefficient (Wildman–Crippen LogP) is 2.02. The maximum atomic E-state index is 13.1. The van der Waals surface area contributed by atoms with Gasteiger partial charge in [-0.05, 0) is 61.4 Å². The molecule has 4 N–H and O–H groups in total. The van der Waals surface area contributed by atoms with Crippen molar-refractivity contribution in [3.05, 3.63) is 58.6 Å². The van der Waals surface area contributed by atoms with E-state index in [-0.39, 0.29) is 12.1 Å². The number of aryl methyl sites for hydroxylation is 2. The van der Waals surface area contributed by atoms with Gasteiger partial charge in [-0.25, -0.2) is 10.9 Å². The van der Waals surface area contributed by atoms with Crippen LogP contribution in [-0.4, -0.2) is 49.2 Å². The standard InChI is InChI=1S/C21H27ClN6O/c1-14-3-6-17(13-15(14)2)23-20-19(24-26-25-20)21(29)28-11-9-27(10-12-28)18-7-4-16(22)5-8-18/h3-8,13,19-20,23-26H,9-12H2,1-2H3. The third-order valence-corrected chi connectivity index (χ3v) is 5.92. The molecule has 0 spiro atoms. The van der Waals surface area contributed by atoms with E-state index < -0.39 is 6.04 Å². The van der Waals surface area contributed by atoms with Gasteiger partial charge in [0.2, 0.25) is 5.91 Å². The summed E-state index contributed by atoms with van der Waals surface area (Å²) < 4.78 is 0. The zero-order chi connectivity index (χ0) is 20.4. The van der Waals surface area contributed by atoms with Crippen LogP contribution in [0.4, 0.5) is 11.4 Å². The van der Waals surface area contributed by atoms with Gasteiger partial charge in [0.1, 0.15) is 12.2 Å². The van der Waals surface area contributed by atoms with Crippen LogP contribution in [0.5, 0.6) is 0 Å². The summed E-state index contributed by atoms with van der Waals surface area (Å²) >= 11 is 5.98. The van der Waals surface area contributed by atoms with Crippen molar-refractivity contribution in [1.82, 2.24) is 21.3 Å². The highest BCUT2D eigenvalue weighted by molar-refractivity contribution is 6.30. The van der Waals surface area contributed by atoms with E-state index in [1.807, 2.05) is 35.2 Å². The lowest BCUT2D eigenvalue weighted by molar-refractivity contribution is -0.133. The summed E-state index contributed by atoms with van der Waals surface area (Å²) in [7, 11) is 0. The molecular weight excluding hydrogens is 388 g/mol. The van der Waals surface area contributed by atoms with Crippen LogP contribution in [0.1, 0.15) is 11.1 Å². The normalized spacial score (nSPS) is 22.0. The Hall–Kier alpha value is -2.32. The minimum Gasteiger partial charge on any atom is -0.368 e. The van der Waals surface area contributed by atoms with Crippen molar-refractivity contribution in [2.45, 2.75) is 26.1 Å². The number of carbonyl (C=O) groups excluding carboxylic acids is 1. The third kappa shape index (κ3) is 4.48. The smallest absolute Gasteiger partial charge is 0.244 e. The van der Waals surface area contributed by atoms with Gasteiger partial charge in [0.15, 0.2) is 0 Å². The first-order valence-electron chi connectivity index (χ1n) is 9.90. The molecule has 2 aliphatic heterocycles. The van der Waals surface area contributed by atoms with Crippen molar-refractivity contribution >= 4 is 28.9 Å². The van der Waals surface area contributed by atoms with E-state index in [0.29, 0.717) is 13.1 Å². The molecule has 0 radical (unpaired) electrons. The predicted molar refractivity (Wildman–Crippen MR) is 117 cm³/mol. The lowest BCUT2D eigenvalue weighted by Gasteiger charge is -2.37. The van der Waals surface area contributed by atoms with Crippen LogP contribution in [0, 0.1) is 13.8 Å². The average Bonchev–Trinajstić information content (AvgIpc) is 3.19. The minimum atomic E-state index is -0.390. The third-order valence-electron chi connectivity index (χ3n) is 5.67. The fourth-order valence-corrected chi connectivity index (χ4v) is 3.86. The lowest BCUT2D eigenvalue weighted by atomic mass is 10.1. The number of carbonyl (C=O) groups is 1. The molecule has 7 nitrogen and oxygen atoms in total. The first-order chi connectivity index (χ1) is 14.0. The summed E-state index contributed by atoms with van der Waals surface area (Å²) in [5.74, 6) is 0.0830. The summed E-state index contributed by atoms with van der Waals surface area (Å²) in [6.07, 6.45) is -0.237. The molecule has 0 saturated carbocycles. The van der Waals surface area contributed by atoms with Gasteiger partial charge in [-0.15, -0.1) is 0 Å². The second-order valence-corrected chi connectivity index (χ2v) is 8.04. The Morgan fingerprint density at radius 2 is 1.72 bits per heavy atom. The topological polar surface area (TPSA) is 71.7 Å². The number of hydrogen-bond donors (Lipinski definition) is 4. The van der Waals surface area contributed by atoms with E-state index in [0.717, 1.165) is 29.5 Å². The molecule has 2 aliphatic rings. The van der Waals surface area contributed by atoms with Crippen molar-refractivity contribution in [2.24, 2.45) is 0 Å². The van der Waals surface area contributed by atoms with Gasteiger partial charge in [-0.1, -0.05) is 17.7 Å². The molecule has 8 heteroatoms. The largest absolute Gasteiger partial charge is 0.368 e. The number of amides is 1. The van der Waals surface area contributed by atoms with Crippen molar-refractivity contribution < 1.29 is 4.79 Å². The van der Waals surface area contributed by atoms with Gasteiger partial charge in [0.05, 0.1) is 0 Å². The number of nitrogens with zero attached hydrogens (tertiary/aromatic N) is 2. The number of halogens is 1. The Labute approximate surface area is 176 Å². The van der Waals surface area contributed by atoms with Crippen molar-refractivity contribution in [3.63, 3.8) is 0 Å². The second kappa shape index (κ2) is 8.59. The van der Waals surface area contributed by atoms with Gasteiger partial charge in [-0.2, -0.15) is 5.53 Å². The first kappa shape index (κ1) is 20.0. The second-order valence-electron chi connectivity index (χ2n) is 7.60. The summed E-state index contributed by atoms with van der Waals surface area (Å²) in [4.78, 5) is 17.3. The van der Waals surface area contributed by atoms with E-state index >= 15 is 0 Å². The average molecular weight is 415 g/mol. The number of nitrogens with one attached hydrogen (secondary N) is 4. The Balaban J connectivity index is 1.36. The van der Waals surface area contributed by atoms with Crippen LogP contribution in [0.25, 0.3) is 0 Å². The molecule has 2 aromatic rings. The maximum Gasteiger partial charge on any atom is 0.244 e. The maximum absolute atomic E-state index is 13.1. The highest BCUT2D eigenvalue weighted by Crippen LogP contribution is 2.20. The quantitative estimate of drug-likeness (QED) is 0.613. The number of hydrazine groups is 2. The summed E-state index contributed by atoms with van der Waals surface area (Å²) in [6.45, 7) is 7.16. The van der Waals surface area contributed by atoms with Crippen molar-refractivity contribution in [2.75, 3.05) is 36.4 Å². The monoisotopic (exact) mass is 414 g/mol. The molecule has 2 saturated heterocycles. The van der Waals surface area contributed by atoms with Gasteiger partial charge in [0, 0.05) is 42.6 Å². The van der Waals surface area contributed by atoms with E-state index in [4.69, 9.17) is 11.6 Å². The van der Waals surface area contributed by atoms with Crippen LogP contribution in [0.3, 0.4) is 0 Å². The number of piperazine rings is 1. The van der Waals surface area contributed by atoms with Crippen LogP contribution >= 0.6 is 11.6 Å². The molecule has 2 aromatic carbocycles. The van der Waals surface area contributed by atoms with Crippen molar-refractivity contribution in [1.29, 1.82) is 0 Å². The molecule has 1 amide bonds. The summed E-state index contributed by atoms with van der Waals surface area (Å²) in [6, 6.07) is 13.7. The van der Waals surface area contributed by atoms with Crippen LogP contribution in [-0.2, 0) is 4.79 Å². The molecule has 4 rings (SSSR count). The number of anilines is 2. The lowest BCUT2D eigenvalue weighted by Crippen LogP contribution is -2.57. The number of benzene rings is 2. The van der Waals surface area contributed by atoms with E-state index in [1.165, 1.54) is 11.1 Å². The van der Waals surface area contributed by atoms with Gasteiger partial charge in [-0.3, -0.25) is 4.79 Å². The zero-order valence-corrected chi connectivity index (χ0v) is 17.5. The molecular formula is C21H27ClN6O. The molecule has 0 bridgehead atoms. The highest BCUT2D eigenvalue weighted by Gasteiger charge is 2.36. The Bertz CT molecular complexity index is 866. The van der Waals surface area contributed by atoms with E-state index in [2.05, 4.69) is 52.6 Å². The SMILES string of the molecule is Cc1ccc(NC2NNNC2C(=O)N2CCN(c3ccc(Cl)cc3)CC2)cc1C. The molecule has 0 aromatic heterocycles. The zero-order valence-electron chi connectivity index (χ0n) is 16.7. The number of hydrogen-bond acceptors (Lipinski definition) is 6. The Kier molecular flexibility index (Phi) is 5.91. The molecule has 2 atom stereocenters. The van der Waals surface area contributed by atoms with Gasteiger partial charge < -0.3 is 15.1 Å². The van der Waals surface area contributed by atoms with Crippen LogP contribution < -0.4 is 26.6 Å². The van der Waals surface area contributed by atoms with E-state index in [1.54, 1.807) is 0 Å². The highest BCUT2D eigenvalue weighted by atomic mass is 35.5. The van der Waals surface area contributed by atoms with Gasteiger partial charge >= 0.3 is 0 Å². The Morgan fingerprint density at radius 1 is 1.00 bits per heavy atom. The molecule has 2 unspecified atom stereocenters. The summed E-state index contributed by atoms with van der Waals surface area (Å²) in [5.41, 5.74) is 13.6. The molecule has 2 heterocycles. The van der Waals surface area contributed by atoms with Crippen molar-refractivity contribution in [3.8, 4) is 0 Å². The van der Waals surface area contributed by atoms with Crippen LogP contribution in [0.15, 0.2) is 42.5 Å². The molecule has 2 fully saturated rings. The first-order valence-corrected chi connectivity index (χ1v) is 10.3. The minimum absolute atomic E-state index is 0.0830. The Morgan fingerprint density at radius 3 is 2.41 bits per heavy atom. The number of rotatable bonds is 4. The van der Waals surface area contributed by atoms with Gasteiger partial charge in [0.25, 0.3) is 0 Å². The summed E-state index contributed by atoms with van der Waals surface area (Å²) in [5, 5.41) is 4.15.